The molecule has 18 heavy (non-hydrogen) atoms. The summed E-state index contributed by atoms with van der Waals surface area (Å²) in [7, 11) is 3.93. The molecule has 1 rings (SSSR count). The highest BCUT2D eigenvalue weighted by atomic mass is 15.2. The quantitative estimate of drug-likeness (QED) is 0.804. The molecule has 1 aromatic heterocycles. The third-order valence-electron chi connectivity index (χ3n) is 2.99. The van der Waals surface area contributed by atoms with Crippen LogP contribution < -0.4 is 10.2 Å². The molecule has 0 fully saturated rings. The van der Waals surface area contributed by atoms with Crippen molar-refractivity contribution in [2.45, 2.75) is 39.7 Å². The molecule has 1 atom stereocenters. The summed E-state index contributed by atoms with van der Waals surface area (Å²) in [4.78, 5) is 10.8. The Morgan fingerprint density at radius 3 is 2.61 bits per heavy atom. The predicted octanol–water partition coefficient (Wildman–Crippen LogP) is 2.11. The summed E-state index contributed by atoms with van der Waals surface area (Å²) in [5.74, 6) is 1.39. The molecule has 0 amide bonds. The monoisotopic (exact) mass is 250 g/mol. The lowest BCUT2D eigenvalue weighted by molar-refractivity contribution is 0.394. The summed E-state index contributed by atoms with van der Waals surface area (Å²) < 4.78 is 0. The standard InChI is InChI=1S/C14H26N4/c1-6-8-15-13(11(2)3)10-12-7-9-16-14(17-12)18(4)5/h7,9,11,13,15H,6,8,10H2,1-5H3. The number of hydrogen-bond acceptors (Lipinski definition) is 4. The maximum absolute atomic E-state index is 4.58. The number of nitrogens with zero attached hydrogens (tertiary/aromatic N) is 3. The van der Waals surface area contributed by atoms with Gasteiger partial charge in [-0.3, -0.25) is 0 Å². The van der Waals surface area contributed by atoms with E-state index in [4.69, 9.17) is 0 Å². The molecule has 0 aliphatic carbocycles. The van der Waals surface area contributed by atoms with Crippen molar-refractivity contribution in [2.75, 3.05) is 25.5 Å². The van der Waals surface area contributed by atoms with Gasteiger partial charge in [0.25, 0.3) is 0 Å². The predicted molar refractivity (Wildman–Crippen MR) is 77.0 cm³/mol. The van der Waals surface area contributed by atoms with Crippen molar-refractivity contribution in [3.8, 4) is 0 Å². The van der Waals surface area contributed by atoms with Crippen LogP contribution in [0.1, 0.15) is 32.9 Å². The lowest BCUT2D eigenvalue weighted by Crippen LogP contribution is -2.36. The van der Waals surface area contributed by atoms with Crippen molar-refractivity contribution in [2.24, 2.45) is 5.92 Å². The molecule has 0 bridgehead atoms. The van der Waals surface area contributed by atoms with Crippen LogP contribution in [0.25, 0.3) is 0 Å². The van der Waals surface area contributed by atoms with Gasteiger partial charge in [-0.15, -0.1) is 0 Å². The second kappa shape index (κ2) is 7.31. The van der Waals surface area contributed by atoms with Crippen LogP contribution in [0.2, 0.25) is 0 Å². The maximum atomic E-state index is 4.58. The first-order valence-electron chi connectivity index (χ1n) is 6.77. The average molecular weight is 250 g/mol. The SMILES string of the molecule is CCCNC(Cc1ccnc(N(C)C)n1)C(C)C. The molecule has 0 aliphatic heterocycles. The van der Waals surface area contributed by atoms with E-state index in [0.29, 0.717) is 12.0 Å². The summed E-state index contributed by atoms with van der Waals surface area (Å²) in [6, 6.07) is 2.49. The number of hydrogen-bond donors (Lipinski definition) is 1. The number of nitrogens with one attached hydrogen (secondary N) is 1. The van der Waals surface area contributed by atoms with E-state index in [9.17, 15) is 0 Å². The lowest BCUT2D eigenvalue weighted by atomic mass is 9.99. The van der Waals surface area contributed by atoms with Crippen molar-refractivity contribution in [3.05, 3.63) is 18.0 Å². The fourth-order valence-corrected chi connectivity index (χ4v) is 1.81. The summed E-state index contributed by atoms with van der Waals surface area (Å²) >= 11 is 0. The van der Waals surface area contributed by atoms with E-state index < -0.39 is 0 Å². The topological polar surface area (TPSA) is 41.1 Å². The summed E-state index contributed by atoms with van der Waals surface area (Å²) in [6.45, 7) is 7.76. The highest BCUT2D eigenvalue weighted by Gasteiger charge is 2.14. The smallest absolute Gasteiger partial charge is 0.224 e. The van der Waals surface area contributed by atoms with E-state index in [-0.39, 0.29) is 0 Å². The van der Waals surface area contributed by atoms with Gasteiger partial charge in [0.15, 0.2) is 0 Å². The van der Waals surface area contributed by atoms with Crippen molar-refractivity contribution in [3.63, 3.8) is 0 Å². The highest BCUT2D eigenvalue weighted by molar-refractivity contribution is 5.27. The Bertz CT molecular complexity index is 349. The summed E-state index contributed by atoms with van der Waals surface area (Å²) in [6.07, 6.45) is 3.96. The minimum Gasteiger partial charge on any atom is -0.347 e. The molecule has 4 heteroatoms. The molecule has 102 valence electrons. The molecule has 0 saturated carbocycles. The zero-order valence-corrected chi connectivity index (χ0v) is 12.3. The molecule has 1 N–H and O–H groups in total. The molecule has 1 heterocycles. The van der Waals surface area contributed by atoms with Gasteiger partial charge in [0.1, 0.15) is 0 Å². The Kier molecular flexibility index (Phi) is 6.05. The third kappa shape index (κ3) is 4.61. The Morgan fingerprint density at radius 1 is 1.33 bits per heavy atom. The van der Waals surface area contributed by atoms with Gasteiger partial charge in [-0.05, 0) is 24.9 Å². The van der Waals surface area contributed by atoms with Crippen LogP contribution in [-0.4, -0.2) is 36.6 Å². The first-order chi connectivity index (χ1) is 8.54. The van der Waals surface area contributed by atoms with Crippen molar-refractivity contribution < 1.29 is 0 Å². The Labute approximate surface area is 111 Å². The minimum absolute atomic E-state index is 0.481. The second-order valence-electron chi connectivity index (χ2n) is 5.25. The fraction of sp³-hybridized carbons (Fsp3) is 0.714. The van der Waals surface area contributed by atoms with Gasteiger partial charge in [-0.2, -0.15) is 0 Å². The van der Waals surface area contributed by atoms with E-state index >= 15 is 0 Å². The molecular formula is C14H26N4. The average Bonchev–Trinajstić information content (AvgIpc) is 2.34. The Balaban J connectivity index is 2.70. The zero-order chi connectivity index (χ0) is 13.5. The Hall–Kier alpha value is -1.16. The highest BCUT2D eigenvalue weighted by Crippen LogP contribution is 2.10. The van der Waals surface area contributed by atoms with E-state index in [0.717, 1.165) is 31.0 Å². The van der Waals surface area contributed by atoms with Gasteiger partial charge in [-0.25, -0.2) is 9.97 Å². The van der Waals surface area contributed by atoms with Crippen molar-refractivity contribution in [1.82, 2.24) is 15.3 Å². The van der Waals surface area contributed by atoms with Crippen LogP contribution in [0, 0.1) is 5.92 Å². The summed E-state index contributed by atoms with van der Waals surface area (Å²) in [5.41, 5.74) is 1.11. The number of anilines is 1. The van der Waals surface area contributed by atoms with Crippen molar-refractivity contribution in [1.29, 1.82) is 0 Å². The van der Waals surface area contributed by atoms with Crippen molar-refractivity contribution >= 4 is 5.95 Å². The van der Waals surface area contributed by atoms with E-state index in [1.165, 1.54) is 0 Å². The first kappa shape index (κ1) is 14.9. The van der Waals surface area contributed by atoms with Crippen LogP contribution in [0.15, 0.2) is 12.3 Å². The van der Waals surface area contributed by atoms with E-state index in [1.54, 1.807) is 0 Å². The zero-order valence-electron chi connectivity index (χ0n) is 12.3. The molecular weight excluding hydrogens is 224 g/mol. The van der Waals surface area contributed by atoms with Crippen LogP contribution in [0.5, 0.6) is 0 Å². The second-order valence-corrected chi connectivity index (χ2v) is 5.25. The van der Waals surface area contributed by atoms with Gasteiger partial charge >= 0.3 is 0 Å². The number of rotatable bonds is 7. The fourth-order valence-electron chi connectivity index (χ4n) is 1.81. The molecule has 1 aromatic rings. The number of aromatic nitrogens is 2. The largest absolute Gasteiger partial charge is 0.347 e. The van der Waals surface area contributed by atoms with E-state index in [2.05, 4.69) is 36.1 Å². The first-order valence-corrected chi connectivity index (χ1v) is 6.77. The molecule has 4 nitrogen and oxygen atoms in total. The lowest BCUT2D eigenvalue weighted by Gasteiger charge is -2.22. The Morgan fingerprint density at radius 2 is 2.06 bits per heavy atom. The van der Waals surface area contributed by atoms with Crippen LogP contribution in [-0.2, 0) is 6.42 Å². The molecule has 0 aliphatic rings. The molecule has 0 aromatic carbocycles. The molecule has 0 saturated heterocycles. The van der Waals surface area contributed by atoms with Gasteiger partial charge in [0.05, 0.1) is 0 Å². The molecule has 0 radical (unpaired) electrons. The molecule has 1 unspecified atom stereocenters. The summed E-state index contributed by atoms with van der Waals surface area (Å²) in [5, 5.41) is 3.59. The molecule has 0 spiro atoms. The van der Waals surface area contributed by atoms with Gasteiger partial charge in [0.2, 0.25) is 5.95 Å². The van der Waals surface area contributed by atoms with Crippen LogP contribution >= 0.6 is 0 Å². The van der Waals surface area contributed by atoms with Gasteiger partial charge < -0.3 is 10.2 Å². The normalized spacial score (nSPS) is 12.8. The van der Waals surface area contributed by atoms with Crippen LogP contribution in [0.3, 0.4) is 0 Å². The third-order valence-corrected chi connectivity index (χ3v) is 2.99. The van der Waals surface area contributed by atoms with Crippen LogP contribution in [0.4, 0.5) is 5.95 Å². The van der Waals surface area contributed by atoms with E-state index in [1.807, 2.05) is 31.3 Å². The minimum atomic E-state index is 0.481. The van der Waals surface area contributed by atoms with Gasteiger partial charge in [0, 0.05) is 38.4 Å². The maximum Gasteiger partial charge on any atom is 0.224 e. The van der Waals surface area contributed by atoms with Gasteiger partial charge in [-0.1, -0.05) is 20.8 Å².